The molecule has 0 spiro atoms. The van der Waals surface area contributed by atoms with Gasteiger partial charge in [-0.25, -0.2) is 0 Å². The largest absolute Gasteiger partial charge is 0.311 e. The molecule has 2 aromatic rings. The predicted molar refractivity (Wildman–Crippen MR) is 88.4 cm³/mol. The summed E-state index contributed by atoms with van der Waals surface area (Å²) in [6, 6.07) is 10.2. The van der Waals surface area contributed by atoms with Crippen LogP contribution in [0.4, 0.5) is 0 Å². The second-order valence-electron chi connectivity index (χ2n) is 4.35. The van der Waals surface area contributed by atoms with E-state index in [0.717, 1.165) is 29.6 Å². The molecule has 0 atom stereocenters. The summed E-state index contributed by atoms with van der Waals surface area (Å²) in [4.78, 5) is 1.44. The van der Waals surface area contributed by atoms with Crippen molar-refractivity contribution in [3.63, 3.8) is 0 Å². The molecule has 0 radical (unpaired) electrons. The van der Waals surface area contributed by atoms with Gasteiger partial charge in [-0.2, -0.15) is 11.8 Å². The fourth-order valence-electron chi connectivity index (χ4n) is 1.73. The Balaban J connectivity index is 1.60. The van der Waals surface area contributed by atoms with Crippen molar-refractivity contribution in [2.24, 2.45) is 0 Å². The van der Waals surface area contributed by atoms with Crippen LogP contribution in [0.25, 0.3) is 0 Å². The third kappa shape index (κ3) is 4.84. The Kier molecular flexibility index (Phi) is 6.24. The summed E-state index contributed by atoms with van der Waals surface area (Å²) < 4.78 is 0. The zero-order valence-corrected chi connectivity index (χ0v) is 13.4. The molecule has 0 amide bonds. The zero-order chi connectivity index (χ0) is 13.5. The smallest absolute Gasteiger partial charge is 0.0446 e. The second-order valence-corrected chi connectivity index (χ2v) is 6.86. The molecule has 0 aliphatic heterocycles. The molecule has 1 nitrogen and oxygen atoms in total. The minimum atomic E-state index is 0.872. The van der Waals surface area contributed by atoms with Crippen LogP contribution >= 0.6 is 34.7 Å². The lowest BCUT2D eigenvalue weighted by molar-refractivity contribution is 0.738. The van der Waals surface area contributed by atoms with Crippen molar-refractivity contribution in [1.29, 1.82) is 0 Å². The van der Waals surface area contributed by atoms with Crippen LogP contribution in [0.15, 0.2) is 35.7 Å². The summed E-state index contributed by atoms with van der Waals surface area (Å²) >= 11 is 9.87. The molecule has 19 heavy (non-hydrogen) atoms. The van der Waals surface area contributed by atoms with Crippen LogP contribution < -0.4 is 5.32 Å². The summed E-state index contributed by atoms with van der Waals surface area (Å²) in [5.74, 6) is 2.09. The number of nitrogens with one attached hydrogen (secondary N) is 1. The Morgan fingerprint density at radius 1 is 1.26 bits per heavy atom. The van der Waals surface area contributed by atoms with E-state index in [2.05, 4.69) is 29.8 Å². The van der Waals surface area contributed by atoms with Crippen molar-refractivity contribution in [2.75, 3.05) is 12.3 Å². The Bertz CT molecular complexity index is 510. The minimum Gasteiger partial charge on any atom is -0.311 e. The molecule has 0 bridgehead atoms. The molecule has 4 heteroatoms. The molecule has 0 saturated carbocycles. The molecule has 0 fully saturated rings. The summed E-state index contributed by atoms with van der Waals surface area (Å²) in [5, 5.41) is 6.51. The van der Waals surface area contributed by atoms with E-state index in [9.17, 15) is 0 Å². The highest BCUT2D eigenvalue weighted by molar-refractivity contribution is 7.98. The second kappa shape index (κ2) is 7.95. The Hall–Kier alpha value is -0.480. The van der Waals surface area contributed by atoms with Crippen molar-refractivity contribution in [3.05, 3.63) is 56.7 Å². The number of benzene rings is 1. The molecule has 1 heterocycles. The fraction of sp³-hybridized carbons (Fsp3) is 0.333. The van der Waals surface area contributed by atoms with E-state index in [-0.39, 0.29) is 0 Å². The van der Waals surface area contributed by atoms with E-state index in [0.29, 0.717) is 0 Å². The van der Waals surface area contributed by atoms with Crippen molar-refractivity contribution >= 4 is 34.7 Å². The first-order valence-electron chi connectivity index (χ1n) is 6.32. The highest BCUT2D eigenvalue weighted by Crippen LogP contribution is 2.20. The average Bonchev–Trinajstić information content (AvgIpc) is 2.81. The molecule has 0 unspecified atom stereocenters. The van der Waals surface area contributed by atoms with Crippen molar-refractivity contribution in [2.45, 2.75) is 19.2 Å². The number of hydrogen-bond donors (Lipinski definition) is 1. The average molecular weight is 312 g/mol. The highest BCUT2D eigenvalue weighted by Gasteiger charge is 2.00. The molecular weight excluding hydrogens is 294 g/mol. The van der Waals surface area contributed by atoms with Crippen molar-refractivity contribution in [3.8, 4) is 0 Å². The van der Waals surface area contributed by atoms with Crippen molar-refractivity contribution in [1.82, 2.24) is 5.32 Å². The maximum atomic E-state index is 6.12. The van der Waals surface area contributed by atoms with E-state index in [1.165, 1.54) is 16.0 Å². The molecule has 1 aromatic carbocycles. The van der Waals surface area contributed by atoms with Gasteiger partial charge in [-0.15, -0.1) is 11.3 Å². The summed E-state index contributed by atoms with van der Waals surface area (Å²) in [7, 11) is 0. The normalized spacial score (nSPS) is 10.8. The lowest BCUT2D eigenvalue weighted by atomic mass is 10.2. The Labute approximate surface area is 128 Å². The minimum absolute atomic E-state index is 0.872. The molecule has 1 aromatic heterocycles. The van der Waals surface area contributed by atoms with Gasteiger partial charge in [-0.1, -0.05) is 29.8 Å². The summed E-state index contributed by atoms with van der Waals surface area (Å²) in [6.45, 7) is 4.18. The van der Waals surface area contributed by atoms with Crippen LogP contribution in [-0.4, -0.2) is 12.3 Å². The first-order valence-corrected chi connectivity index (χ1v) is 8.73. The van der Waals surface area contributed by atoms with E-state index in [1.54, 1.807) is 0 Å². The quantitative estimate of drug-likeness (QED) is 0.742. The number of halogens is 1. The Morgan fingerprint density at radius 2 is 2.11 bits per heavy atom. The number of thiophene rings is 1. The number of rotatable bonds is 7. The van der Waals surface area contributed by atoms with Gasteiger partial charge in [0, 0.05) is 34.5 Å². The van der Waals surface area contributed by atoms with Crippen LogP contribution in [0, 0.1) is 6.92 Å². The van der Waals surface area contributed by atoms with Crippen LogP contribution in [0.2, 0.25) is 5.02 Å². The molecular formula is C15H18ClNS2. The predicted octanol–water partition coefficient (Wildman–Crippen LogP) is 4.73. The van der Waals surface area contributed by atoms with Gasteiger partial charge in [0.15, 0.2) is 0 Å². The lowest BCUT2D eigenvalue weighted by Gasteiger charge is -2.05. The summed E-state index contributed by atoms with van der Waals surface area (Å²) in [5.41, 5.74) is 2.62. The lowest BCUT2D eigenvalue weighted by Crippen LogP contribution is -2.16. The monoisotopic (exact) mass is 311 g/mol. The SMILES string of the molecule is Cc1ccsc1CNCCSCc1ccccc1Cl. The van der Waals surface area contributed by atoms with Gasteiger partial charge in [-0.3, -0.25) is 0 Å². The molecule has 1 N–H and O–H groups in total. The first kappa shape index (κ1) is 14.9. The third-order valence-corrected chi connectivity index (χ3v) is 5.29. The van der Waals surface area contributed by atoms with Gasteiger partial charge in [0.2, 0.25) is 0 Å². The number of aryl methyl sites for hydroxylation is 1. The van der Waals surface area contributed by atoms with Gasteiger partial charge in [0.25, 0.3) is 0 Å². The van der Waals surface area contributed by atoms with E-state index >= 15 is 0 Å². The summed E-state index contributed by atoms with van der Waals surface area (Å²) in [6.07, 6.45) is 0. The van der Waals surface area contributed by atoms with Gasteiger partial charge in [0.05, 0.1) is 0 Å². The number of hydrogen-bond acceptors (Lipinski definition) is 3. The first-order chi connectivity index (χ1) is 9.27. The molecule has 0 aliphatic rings. The van der Waals surface area contributed by atoms with Gasteiger partial charge >= 0.3 is 0 Å². The van der Waals surface area contributed by atoms with Gasteiger partial charge in [0.1, 0.15) is 0 Å². The van der Waals surface area contributed by atoms with Crippen molar-refractivity contribution < 1.29 is 0 Å². The standard InChI is InChI=1S/C15H18ClNS2/c1-12-6-8-19-15(12)10-17-7-9-18-11-13-4-2-3-5-14(13)16/h2-6,8,17H,7,9-11H2,1H3. The molecule has 0 saturated heterocycles. The molecule has 2 rings (SSSR count). The van der Waals surface area contributed by atoms with Crippen LogP contribution in [0.5, 0.6) is 0 Å². The topological polar surface area (TPSA) is 12.0 Å². The maximum absolute atomic E-state index is 6.12. The van der Waals surface area contributed by atoms with Crippen LogP contribution in [0.3, 0.4) is 0 Å². The molecule has 0 aliphatic carbocycles. The van der Waals surface area contributed by atoms with Gasteiger partial charge in [-0.05, 0) is 35.6 Å². The zero-order valence-electron chi connectivity index (χ0n) is 11.0. The molecule has 102 valence electrons. The number of thioether (sulfide) groups is 1. The Morgan fingerprint density at radius 3 is 2.84 bits per heavy atom. The van der Waals surface area contributed by atoms with E-state index < -0.39 is 0 Å². The third-order valence-electron chi connectivity index (χ3n) is 2.89. The van der Waals surface area contributed by atoms with Crippen LogP contribution in [0.1, 0.15) is 16.0 Å². The maximum Gasteiger partial charge on any atom is 0.0446 e. The van der Waals surface area contributed by atoms with Crippen LogP contribution in [-0.2, 0) is 12.3 Å². The van der Waals surface area contributed by atoms with E-state index in [4.69, 9.17) is 11.6 Å². The fourth-order valence-corrected chi connectivity index (χ4v) is 3.79. The van der Waals surface area contributed by atoms with E-state index in [1.807, 2.05) is 41.3 Å². The highest BCUT2D eigenvalue weighted by atomic mass is 35.5. The van der Waals surface area contributed by atoms with Gasteiger partial charge < -0.3 is 5.32 Å².